The molecule has 0 aliphatic carbocycles. The third kappa shape index (κ3) is 2.48. The Bertz CT molecular complexity index is 91.6. The van der Waals surface area contributed by atoms with Gasteiger partial charge in [-0.15, -0.1) is 0 Å². The van der Waals surface area contributed by atoms with Crippen LogP contribution in [0.5, 0.6) is 0 Å². The summed E-state index contributed by atoms with van der Waals surface area (Å²) in [6.07, 6.45) is 4.87. The lowest BCUT2D eigenvalue weighted by atomic mass is 10.1. The predicted molar refractivity (Wildman–Crippen MR) is 45.1 cm³/mol. The van der Waals surface area contributed by atoms with Crippen LogP contribution in [0.2, 0.25) is 0 Å². The van der Waals surface area contributed by atoms with Crippen LogP contribution in [-0.4, -0.2) is 37.4 Å². The van der Waals surface area contributed by atoms with Gasteiger partial charge in [0.25, 0.3) is 0 Å². The van der Waals surface area contributed by atoms with Crippen LogP contribution in [0.15, 0.2) is 0 Å². The lowest BCUT2D eigenvalue weighted by molar-refractivity contribution is 0.135. The predicted octanol–water partition coefficient (Wildman–Crippen LogP) is 1.38. The molecule has 60 valence electrons. The Kier molecular flexibility index (Phi) is 3.52. The van der Waals surface area contributed by atoms with Crippen LogP contribution in [-0.2, 0) is 4.18 Å². The highest BCUT2D eigenvalue weighted by atomic mass is 32.2. The smallest absolute Gasteiger partial charge is 0.0746 e. The standard InChI is InChI=1S/C7H15NOS/c1-8-5-3-7(4-6-8)9-10-2/h7H,3-6H2,1-2H3. The summed E-state index contributed by atoms with van der Waals surface area (Å²) in [5.41, 5.74) is 0. The van der Waals surface area contributed by atoms with E-state index in [2.05, 4.69) is 11.9 Å². The maximum Gasteiger partial charge on any atom is 0.0746 e. The van der Waals surface area contributed by atoms with Gasteiger partial charge in [-0.2, -0.15) is 0 Å². The molecule has 0 aromatic heterocycles. The molecule has 3 heteroatoms. The van der Waals surface area contributed by atoms with Gasteiger partial charge < -0.3 is 9.08 Å². The van der Waals surface area contributed by atoms with Crippen molar-refractivity contribution in [1.29, 1.82) is 0 Å². The van der Waals surface area contributed by atoms with Crippen molar-refractivity contribution in [2.75, 3.05) is 26.4 Å². The van der Waals surface area contributed by atoms with Gasteiger partial charge in [0, 0.05) is 19.3 Å². The summed E-state index contributed by atoms with van der Waals surface area (Å²) in [5.74, 6) is 0. The van der Waals surface area contributed by atoms with Crippen molar-refractivity contribution in [2.24, 2.45) is 0 Å². The average Bonchev–Trinajstić information content (AvgIpc) is 1.95. The molecule has 0 aromatic rings. The van der Waals surface area contributed by atoms with Crippen molar-refractivity contribution in [1.82, 2.24) is 4.90 Å². The highest BCUT2D eigenvalue weighted by Gasteiger charge is 2.16. The van der Waals surface area contributed by atoms with Crippen LogP contribution in [0.1, 0.15) is 12.8 Å². The summed E-state index contributed by atoms with van der Waals surface area (Å²) in [7, 11) is 2.16. The van der Waals surface area contributed by atoms with Crippen LogP contribution < -0.4 is 0 Å². The minimum absolute atomic E-state index is 0.506. The zero-order chi connectivity index (χ0) is 7.40. The topological polar surface area (TPSA) is 12.5 Å². The van der Waals surface area contributed by atoms with Crippen molar-refractivity contribution in [3.8, 4) is 0 Å². The van der Waals surface area contributed by atoms with Crippen LogP contribution in [0.3, 0.4) is 0 Å². The Morgan fingerprint density at radius 2 is 2.00 bits per heavy atom. The van der Waals surface area contributed by atoms with E-state index in [1.54, 1.807) is 0 Å². The maximum absolute atomic E-state index is 5.42. The first-order valence-electron chi connectivity index (χ1n) is 3.71. The summed E-state index contributed by atoms with van der Waals surface area (Å²) in [5, 5.41) is 0. The lowest BCUT2D eigenvalue weighted by Gasteiger charge is -2.27. The van der Waals surface area contributed by atoms with E-state index in [9.17, 15) is 0 Å². The van der Waals surface area contributed by atoms with Gasteiger partial charge in [-0.05, 0) is 31.9 Å². The number of piperidine rings is 1. The second-order valence-corrected chi connectivity index (χ2v) is 3.29. The Balaban J connectivity index is 2.13. The van der Waals surface area contributed by atoms with E-state index >= 15 is 0 Å². The van der Waals surface area contributed by atoms with Gasteiger partial charge in [0.15, 0.2) is 0 Å². The number of hydrogen-bond acceptors (Lipinski definition) is 3. The SMILES string of the molecule is CSOC1CCN(C)CC1. The monoisotopic (exact) mass is 161 g/mol. The van der Waals surface area contributed by atoms with Crippen LogP contribution in [0.25, 0.3) is 0 Å². The normalized spacial score (nSPS) is 23.4. The molecule has 1 aliphatic heterocycles. The molecule has 0 N–H and O–H groups in total. The first-order valence-corrected chi connectivity index (χ1v) is 4.86. The van der Waals surface area contributed by atoms with Crippen molar-refractivity contribution in [3.63, 3.8) is 0 Å². The minimum atomic E-state index is 0.506. The molecule has 0 bridgehead atoms. The molecule has 0 radical (unpaired) electrons. The third-order valence-electron chi connectivity index (χ3n) is 1.90. The fourth-order valence-corrected chi connectivity index (χ4v) is 1.68. The van der Waals surface area contributed by atoms with Gasteiger partial charge in [0.05, 0.1) is 6.10 Å². The van der Waals surface area contributed by atoms with E-state index in [4.69, 9.17) is 4.18 Å². The van der Waals surface area contributed by atoms with Crippen LogP contribution in [0, 0.1) is 0 Å². The maximum atomic E-state index is 5.42. The van der Waals surface area contributed by atoms with Crippen LogP contribution in [0.4, 0.5) is 0 Å². The van der Waals surface area contributed by atoms with E-state index < -0.39 is 0 Å². The second-order valence-electron chi connectivity index (χ2n) is 2.77. The highest BCUT2D eigenvalue weighted by Crippen LogP contribution is 2.15. The number of likely N-dealkylation sites (tertiary alicyclic amines) is 1. The van der Waals surface area contributed by atoms with Gasteiger partial charge in [-0.3, -0.25) is 0 Å². The molecule has 1 fully saturated rings. The first kappa shape index (κ1) is 8.37. The van der Waals surface area contributed by atoms with E-state index in [1.165, 1.54) is 38.0 Å². The molecular formula is C7H15NOS. The molecule has 10 heavy (non-hydrogen) atoms. The molecule has 0 atom stereocenters. The molecular weight excluding hydrogens is 146 g/mol. The van der Waals surface area contributed by atoms with Crippen LogP contribution >= 0.6 is 12.0 Å². The average molecular weight is 161 g/mol. The Labute approximate surface area is 67.1 Å². The quantitative estimate of drug-likeness (QED) is 0.568. The molecule has 0 saturated carbocycles. The first-order chi connectivity index (χ1) is 4.83. The largest absolute Gasteiger partial charge is 0.312 e. The van der Waals surface area contributed by atoms with Gasteiger partial charge in [-0.25, -0.2) is 0 Å². The lowest BCUT2D eigenvalue weighted by Crippen LogP contribution is -2.33. The van der Waals surface area contributed by atoms with Crippen molar-refractivity contribution < 1.29 is 4.18 Å². The molecule has 0 aromatic carbocycles. The molecule has 0 amide bonds. The zero-order valence-electron chi connectivity index (χ0n) is 6.67. The molecule has 2 nitrogen and oxygen atoms in total. The van der Waals surface area contributed by atoms with E-state index in [1.807, 2.05) is 6.26 Å². The molecule has 1 saturated heterocycles. The van der Waals surface area contributed by atoms with Gasteiger partial charge >= 0.3 is 0 Å². The molecule has 1 aliphatic rings. The second kappa shape index (κ2) is 4.21. The van der Waals surface area contributed by atoms with Gasteiger partial charge in [0.1, 0.15) is 0 Å². The minimum Gasteiger partial charge on any atom is -0.312 e. The van der Waals surface area contributed by atoms with E-state index in [0.717, 1.165) is 0 Å². The Morgan fingerprint density at radius 1 is 1.40 bits per heavy atom. The highest BCUT2D eigenvalue weighted by molar-refractivity contribution is 7.93. The Hall–Kier alpha value is 0.270. The molecule has 1 rings (SSSR count). The summed E-state index contributed by atoms with van der Waals surface area (Å²) >= 11 is 1.49. The number of nitrogens with zero attached hydrogens (tertiary/aromatic N) is 1. The zero-order valence-corrected chi connectivity index (χ0v) is 7.49. The van der Waals surface area contributed by atoms with Gasteiger partial charge in [-0.1, -0.05) is 0 Å². The third-order valence-corrected chi connectivity index (χ3v) is 2.36. The molecule has 1 heterocycles. The fraction of sp³-hybridized carbons (Fsp3) is 1.00. The van der Waals surface area contributed by atoms with Crippen molar-refractivity contribution in [3.05, 3.63) is 0 Å². The summed E-state index contributed by atoms with van der Waals surface area (Å²) in [6.45, 7) is 2.37. The fourth-order valence-electron chi connectivity index (χ4n) is 1.22. The number of rotatable bonds is 2. The van der Waals surface area contributed by atoms with E-state index in [-0.39, 0.29) is 0 Å². The Morgan fingerprint density at radius 3 is 2.50 bits per heavy atom. The summed E-state index contributed by atoms with van der Waals surface area (Å²) in [4.78, 5) is 2.35. The summed E-state index contributed by atoms with van der Waals surface area (Å²) < 4.78 is 5.42. The van der Waals surface area contributed by atoms with Gasteiger partial charge in [0.2, 0.25) is 0 Å². The molecule has 0 unspecified atom stereocenters. The van der Waals surface area contributed by atoms with Crippen molar-refractivity contribution >= 4 is 12.0 Å². The number of hydrogen-bond donors (Lipinski definition) is 0. The summed E-state index contributed by atoms with van der Waals surface area (Å²) in [6, 6.07) is 0. The van der Waals surface area contributed by atoms with Crippen molar-refractivity contribution in [2.45, 2.75) is 18.9 Å². The van der Waals surface area contributed by atoms with E-state index in [0.29, 0.717) is 6.10 Å². The molecule has 0 spiro atoms.